The third-order valence-corrected chi connectivity index (χ3v) is 7.62. The summed E-state index contributed by atoms with van der Waals surface area (Å²) in [5, 5.41) is 0. The average molecular weight is 443 g/mol. The molecule has 0 aliphatic carbocycles. The molecule has 0 radical (unpaired) electrons. The lowest BCUT2D eigenvalue weighted by atomic mass is 10.0. The summed E-state index contributed by atoms with van der Waals surface area (Å²) >= 11 is 7.31. The van der Waals surface area contributed by atoms with Gasteiger partial charge in [-0.1, -0.05) is 91.3 Å². The molecule has 0 aliphatic rings. The van der Waals surface area contributed by atoms with Gasteiger partial charge in [-0.15, -0.1) is 0 Å². The molecule has 7 heteroatoms. The van der Waals surface area contributed by atoms with Crippen molar-refractivity contribution < 1.29 is 8.76 Å². The lowest BCUT2D eigenvalue weighted by molar-refractivity contribution is 0.563. The zero-order valence-electron chi connectivity index (χ0n) is 11.7. The van der Waals surface area contributed by atoms with Gasteiger partial charge in [0.05, 0.1) is 10.6 Å². The molecule has 0 saturated heterocycles. The van der Waals surface area contributed by atoms with Crippen LogP contribution in [0.3, 0.4) is 0 Å². The minimum absolute atomic E-state index is 0.150. The molecule has 2 nitrogen and oxygen atoms in total. The van der Waals surface area contributed by atoms with E-state index in [4.69, 9.17) is 16.8 Å². The lowest BCUT2D eigenvalue weighted by Gasteiger charge is -2.07. The van der Waals surface area contributed by atoms with Crippen molar-refractivity contribution in [3.63, 3.8) is 0 Å². The second-order valence-electron chi connectivity index (χ2n) is 4.80. The number of benzene rings is 2. The van der Waals surface area contributed by atoms with Crippen LogP contribution in [0, 0.1) is 3.82 Å². The molecule has 0 fully saturated rings. The van der Waals surface area contributed by atoms with E-state index in [2.05, 4.69) is 22.0 Å². The highest BCUT2D eigenvalue weighted by Crippen LogP contribution is 2.43. The minimum Gasteiger partial charge on any atom is -0.306 e. The Hall–Kier alpha value is -0.700. The Balaban J connectivity index is 2.07. The summed E-state index contributed by atoms with van der Waals surface area (Å²) in [6, 6.07) is 15.8. The molecule has 1 N–H and O–H groups in total. The van der Waals surface area contributed by atoms with Crippen molar-refractivity contribution in [1.29, 1.82) is 0 Å². The van der Waals surface area contributed by atoms with Gasteiger partial charge in [0.25, 0.3) is 0 Å². The smallest absolute Gasteiger partial charge is 0.157 e. The summed E-state index contributed by atoms with van der Waals surface area (Å²) in [5.74, 6) is 0.150. The average Bonchev–Trinajstić information content (AvgIpc) is 2.90. The predicted octanol–water partition coefficient (Wildman–Crippen LogP) is 6.36. The molecule has 0 aliphatic heterocycles. The van der Waals surface area contributed by atoms with E-state index in [1.165, 1.54) is 0 Å². The van der Waals surface area contributed by atoms with Crippen LogP contribution in [0.5, 0.6) is 0 Å². The molecule has 1 heterocycles. The van der Waals surface area contributed by atoms with Crippen molar-refractivity contribution in [2.75, 3.05) is 0 Å². The number of hydrogen-bond donors (Lipinski definition) is 1. The SMILES string of the molecule is O=S(O)Cc1ccc(-c2ssc(=S)c2-c2ccccc2Br)cc1. The van der Waals surface area contributed by atoms with Crippen LogP contribution in [0.15, 0.2) is 53.0 Å². The van der Waals surface area contributed by atoms with Gasteiger partial charge in [0.2, 0.25) is 0 Å². The Bertz CT molecular complexity index is 912. The van der Waals surface area contributed by atoms with Crippen molar-refractivity contribution in [3.8, 4) is 21.6 Å². The third-order valence-electron chi connectivity index (χ3n) is 3.28. The molecule has 3 aromatic rings. The topological polar surface area (TPSA) is 37.3 Å². The number of hydrogen-bond acceptors (Lipinski definition) is 4. The Labute approximate surface area is 157 Å². The van der Waals surface area contributed by atoms with Crippen LogP contribution in [-0.4, -0.2) is 8.76 Å². The van der Waals surface area contributed by atoms with E-state index in [1.54, 1.807) is 20.7 Å². The van der Waals surface area contributed by atoms with Gasteiger partial charge in [-0.25, -0.2) is 4.21 Å². The largest absolute Gasteiger partial charge is 0.306 e. The van der Waals surface area contributed by atoms with E-state index in [9.17, 15) is 4.21 Å². The second-order valence-corrected chi connectivity index (χ2v) is 9.40. The summed E-state index contributed by atoms with van der Waals surface area (Å²) in [4.78, 5) is 1.13. The highest BCUT2D eigenvalue weighted by atomic mass is 79.9. The number of halogens is 1. The van der Waals surface area contributed by atoms with Crippen LogP contribution in [0.25, 0.3) is 21.6 Å². The maximum Gasteiger partial charge on any atom is 0.157 e. The standard InChI is InChI=1S/C16H11BrO2S4/c17-13-4-2-1-3-12(13)14-15(21-22-16(14)20)11-7-5-10(6-8-11)9-23(18)19/h1-8H,9H2,(H,18,19). The Morgan fingerprint density at radius 1 is 1.09 bits per heavy atom. The van der Waals surface area contributed by atoms with Crippen LogP contribution >= 0.6 is 48.8 Å². The first kappa shape index (κ1) is 17.1. The van der Waals surface area contributed by atoms with E-state index in [-0.39, 0.29) is 5.75 Å². The van der Waals surface area contributed by atoms with Gasteiger partial charge in [-0.2, -0.15) is 0 Å². The van der Waals surface area contributed by atoms with Crippen molar-refractivity contribution >= 4 is 59.9 Å². The zero-order valence-corrected chi connectivity index (χ0v) is 16.5. The van der Waals surface area contributed by atoms with E-state index >= 15 is 0 Å². The molecule has 0 bridgehead atoms. The van der Waals surface area contributed by atoms with Gasteiger partial charge >= 0.3 is 0 Å². The molecule has 1 aromatic heterocycles. The summed E-state index contributed by atoms with van der Waals surface area (Å²) in [5.41, 5.74) is 4.07. The van der Waals surface area contributed by atoms with Crippen LogP contribution in [0.4, 0.5) is 0 Å². The van der Waals surface area contributed by atoms with Crippen molar-refractivity contribution in [2.45, 2.75) is 5.75 Å². The molecule has 2 aromatic carbocycles. The highest BCUT2D eigenvalue weighted by Gasteiger charge is 2.15. The first-order chi connectivity index (χ1) is 11.1. The molecule has 1 atom stereocenters. The van der Waals surface area contributed by atoms with Gasteiger partial charge in [-0.3, -0.25) is 0 Å². The fourth-order valence-corrected chi connectivity index (χ4v) is 6.09. The van der Waals surface area contributed by atoms with Gasteiger partial charge in [0.1, 0.15) is 3.82 Å². The molecule has 23 heavy (non-hydrogen) atoms. The highest BCUT2D eigenvalue weighted by molar-refractivity contribution is 9.10. The molecule has 118 valence electrons. The second kappa shape index (κ2) is 7.46. The van der Waals surface area contributed by atoms with E-state index in [0.29, 0.717) is 0 Å². The number of rotatable bonds is 4. The summed E-state index contributed by atoms with van der Waals surface area (Å²) in [6.07, 6.45) is 0. The lowest BCUT2D eigenvalue weighted by Crippen LogP contribution is -1.92. The summed E-state index contributed by atoms with van der Waals surface area (Å²) < 4.78 is 21.8. The van der Waals surface area contributed by atoms with Crippen LogP contribution in [0.1, 0.15) is 5.56 Å². The Morgan fingerprint density at radius 2 is 1.78 bits per heavy atom. The van der Waals surface area contributed by atoms with Gasteiger partial charge in [0.15, 0.2) is 11.1 Å². The Kier molecular flexibility index (Phi) is 5.56. The normalized spacial score (nSPS) is 12.3. The molecule has 0 saturated carbocycles. The van der Waals surface area contributed by atoms with Crippen molar-refractivity contribution in [2.24, 2.45) is 0 Å². The maximum absolute atomic E-state index is 10.9. The third kappa shape index (κ3) is 3.87. The molecular weight excluding hydrogens is 432 g/mol. The van der Waals surface area contributed by atoms with E-state index < -0.39 is 11.1 Å². The summed E-state index contributed by atoms with van der Waals surface area (Å²) in [7, 11) is 3.25. The van der Waals surface area contributed by atoms with Crippen molar-refractivity contribution in [3.05, 3.63) is 62.4 Å². The first-order valence-electron chi connectivity index (χ1n) is 6.61. The van der Waals surface area contributed by atoms with Crippen molar-refractivity contribution in [1.82, 2.24) is 0 Å². The monoisotopic (exact) mass is 442 g/mol. The summed E-state index contributed by atoms with van der Waals surface area (Å²) in [6.45, 7) is 0. The molecule has 1 unspecified atom stereocenters. The van der Waals surface area contributed by atoms with Gasteiger partial charge in [0, 0.05) is 10.0 Å². The zero-order chi connectivity index (χ0) is 16.4. The van der Waals surface area contributed by atoms with E-state index in [0.717, 1.165) is 35.4 Å². The van der Waals surface area contributed by atoms with Gasteiger partial charge in [-0.05, 0) is 22.8 Å². The maximum atomic E-state index is 10.9. The Morgan fingerprint density at radius 3 is 2.43 bits per heavy atom. The first-order valence-corrected chi connectivity index (χ1v) is 11.2. The van der Waals surface area contributed by atoms with Crippen LogP contribution in [0.2, 0.25) is 0 Å². The van der Waals surface area contributed by atoms with Crippen LogP contribution < -0.4 is 0 Å². The van der Waals surface area contributed by atoms with E-state index in [1.807, 2.05) is 42.5 Å². The molecule has 3 rings (SSSR count). The van der Waals surface area contributed by atoms with Gasteiger partial charge < -0.3 is 4.55 Å². The molecular formula is C16H11BrO2S4. The predicted molar refractivity (Wildman–Crippen MR) is 106 cm³/mol. The molecule has 0 spiro atoms. The van der Waals surface area contributed by atoms with Crippen LogP contribution in [-0.2, 0) is 16.8 Å². The fraction of sp³-hybridized carbons (Fsp3) is 0.0625. The molecule has 0 amide bonds. The fourth-order valence-electron chi connectivity index (χ4n) is 2.24. The quantitative estimate of drug-likeness (QED) is 0.290. The minimum atomic E-state index is -1.82.